The molecule has 6 heteroatoms. The summed E-state index contributed by atoms with van der Waals surface area (Å²) in [6.45, 7) is 6.42. The van der Waals surface area contributed by atoms with E-state index < -0.39 is 12.1 Å². The van der Waals surface area contributed by atoms with Gasteiger partial charge in [-0.05, 0) is 109 Å². The summed E-state index contributed by atoms with van der Waals surface area (Å²) in [5.41, 5.74) is 0. The number of allylic oxidation sites excluding steroid dienone is 17. The van der Waals surface area contributed by atoms with Crippen molar-refractivity contribution in [2.45, 2.75) is 290 Å². The molecule has 0 fully saturated rings. The van der Waals surface area contributed by atoms with Crippen molar-refractivity contribution in [1.82, 2.24) is 0 Å². The van der Waals surface area contributed by atoms with Gasteiger partial charge in [0.15, 0.2) is 6.10 Å². The van der Waals surface area contributed by atoms with E-state index in [0.717, 1.165) is 89.9 Å². The lowest BCUT2D eigenvalue weighted by atomic mass is 10.0. The summed E-state index contributed by atoms with van der Waals surface area (Å²) in [7, 11) is 0. The van der Waals surface area contributed by atoms with Gasteiger partial charge in [0, 0.05) is 12.8 Å². The third-order valence-corrected chi connectivity index (χ3v) is 13.0. The summed E-state index contributed by atoms with van der Waals surface area (Å²) in [6.07, 6.45) is 84.0. The number of hydrogen-bond acceptors (Lipinski definition) is 6. The van der Waals surface area contributed by atoms with E-state index in [4.69, 9.17) is 14.2 Å². The Morgan fingerprint density at radius 1 is 0.297 bits per heavy atom. The van der Waals surface area contributed by atoms with Crippen molar-refractivity contribution >= 4 is 17.9 Å². The summed E-state index contributed by atoms with van der Waals surface area (Å²) < 4.78 is 16.8. The van der Waals surface area contributed by atoms with E-state index in [1.54, 1.807) is 6.08 Å². The van der Waals surface area contributed by atoms with Crippen LogP contribution in [0.2, 0.25) is 0 Å². The summed E-state index contributed by atoms with van der Waals surface area (Å²) in [6, 6.07) is 0. The standard InChI is InChI=1S/C68H114O6/c1-4-7-10-13-16-19-22-25-28-30-32-33-34-35-36-38-40-43-46-49-52-55-58-61-67(70)73-64-65(63-72-66(69)60-57-54-51-48-45-42-39-27-24-21-18-15-12-9-6-3)74-68(71)62-59-56-53-50-47-44-41-37-31-29-26-23-20-17-14-11-8-5-2/h9,12,18,20-23,25,27,29-32,39,45,48,54,57,65H,4-8,10-11,13-17,19,24,26,28,33-38,40-44,46-47,49-53,55-56,58-64H2,1-3H3/b12-9-,21-18-,23-20-,25-22-,31-29-,32-30-,39-27-,48-45-,57-54-. The summed E-state index contributed by atoms with van der Waals surface area (Å²) in [5, 5.41) is 0. The predicted molar refractivity (Wildman–Crippen MR) is 320 cm³/mol. The molecule has 0 radical (unpaired) electrons. The number of carbonyl (C=O) groups is 3. The Morgan fingerprint density at radius 2 is 0.581 bits per heavy atom. The maximum Gasteiger partial charge on any atom is 0.309 e. The van der Waals surface area contributed by atoms with Gasteiger partial charge >= 0.3 is 17.9 Å². The normalized spacial score (nSPS) is 12.9. The SMILES string of the molecule is CC/C=C\C/C=C\C/C=C\C/C=C\C/C=C\CC(=O)OCC(COC(=O)CCCCCCCCCCCCC/C=C\C/C=C\CCCCCCC)OC(=O)CCCCCCCCC/C=C\C/C=C\CCCCCC. The number of unbranched alkanes of at least 4 members (excludes halogenated alkanes) is 27. The molecule has 0 aromatic heterocycles. The van der Waals surface area contributed by atoms with E-state index in [-0.39, 0.29) is 31.6 Å². The molecule has 0 bridgehead atoms. The summed E-state index contributed by atoms with van der Waals surface area (Å²) in [4.78, 5) is 38.2. The molecule has 0 heterocycles. The van der Waals surface area contributed by atoms with Crippen molar-refractivity contribution in [2.24, 2.45) is 0 Å². The predicted octanol–water partition coefficient (Wildman–Crippen LogP) is 21.0. The number of hydrogen-bond donors (Lipinski definition) is 0. The van der Waals surface area contributed by atoms with Crippen molar-refractivity contribution in [3.8, 4) is 0 Å². The zero-order valence-corrected chi connectivity index (χ0v) is 48.3. The molecular weight excluding hydrogens is 913 g/mol. The average Bonchev–Trinajstić information content (AvgIpc) is 3.40. The van der Waals surface area contributed by atoms with Crippen LogP contribution in [0.3, 0.4) is 0 Å². The van der Waals surface area contributed by atoms with Gasteiger partial charge < -0.3 is 14.2 Å². The first-order chi connectivity index (χ1) is 36.5. The molecule has 1 unspecified atom stereocenters. The monoisotopic (exact) mass is 1030 g/mol. The molecule has 0 aromatic carbocycles. The molecule has 0 saturated carbocycles. The largest absolute Gasteiger partial charge is 0.462 e. The molecule has 0 aliphatic carbocycles. The smallest absolute Gasteiger partial charge is 0.309 e. The zero-order chi connectivity index (χ0) is 53.6. The Hall–Kier alpha value is -3.93. The zero-order valence-electron chi connectivity index (χ0n) is 48.3. The summed E-state index contributed by atoms with van der Waals surface area (Å²) >= 11 is 0. The van der Waals surface area contributed by atoms with E-state index in [2.05, 4.69) is 118 Å². The second kappa shape index (κ2) is 61.6. The molecule has 422 valence electrons. The average molecular weight is 1030 g/mol. The lowest BCUT2D eigenvalue weighted by Crippen LogP contribution is -2.30. The van der Waals surface area contributed by atoms with Crippen LogP contribution in [-0.2, 0) is 28.6 Å². The van der Waals surface area contributed by atoms with Gasteiger partial charge in [0.2, 0.25) is 0 Å². The van der Waals surface area contributed by atoms with Crippen LogP contribution in [-0.4, -0.2) is 37.2 Å². The number of rotatable bonds is 55. The van der Waals surface area contributed by atoms with Gasteiger partial charge in [0.1, 0.15) is 13.2 Å². The van der Waals surface area contributed by atoms with Crippen LogP contribution in [0, 0.1) is 0 Å². The number of ether oxygens (including phenoxy) is 3. The Labute approximate surface area is 457 Å². The minimum Gasteiger partial charge on any atom is -0.462 e. The molecule has 0 amide bonds. The minimum atomic E-state index is -0.826. The van der Waals surface area contributed by atoms with Crippen LogP contribution in [0.15, 0.2) is 109 Å². The Balaban J connectivity index is 4.44. The topological polar surface area (TPSA) is 78.9 Å². The highest BCUT2D eigenvalue weighted by molar-refractivity contribution is 5.72. The molecule has 0 aliphatic rings. The van der Waals surface area contributed by atoms with Crippen molar-refractivity contribution in [2.75, 3.05) is 13.2 Å². The fraction of sp³-hybridized carbons (Fsp3) is 0.691. The molecule has 0 aromatic rings. The molecule has 0 saturated heterocycles. The Kier molecular flexibility index (Phi) is 58.3. The van der Waals surface area contributed by atoms with Gasteiger partial charge in [-0.15, -0.1) is 0 Å². The van der Waals surface area contributed by atoms with Crippen molar-refractivity contribution in [1.29, 1.82) is 0 Å². The highest BCUT2D eigenvalue weighted by Gasteiger charge is 2.19. The van der Waals surface area contributed by atoms with Gasteiger partial charge in [0.25, 0.3) is 0 Å². The van der Waals surface area contributed by atoms with E-state index in [1.165, 1.54) is 154 Å². The van der Waals surface area contributed by atoms with Gasteiger partial charge in [-0.2, -0.15) is 0 Å². The quantitative estimate of drug-likeness (QED) is 0.0261. The number of carbonyl (C=O) groups excluding carboxylic acids is 3. The van der Waals surface area contributed by atoms with Crippen LogP contribution < -0.4 is 0 Å². The van der Waals surface area contributed by atoms with E-state index in [9.17, 15) is 14.4 Å². The molecule has 0 aliphatic heterocycles. The third-order valence-electron chi connectivity index (χ3n) is 13.0. The van der Waals surface area contributed by atoms with Crippen LogP contribution in [0.1, 0.15) is 284 Å². The van der Waals surface area contributed by atoms with Crippen LogP contribution >= 0.6 is 0 Å². The highest BCUT2D eigenvalue weighted by Crippen LogP contribution is 2.15. The Bertz CT molecular complexity index is 1510. The van der Waals surface area contributed by atoms with Gasteiger partial charge in [-0.25, -0.2) is 0 Å². The molecule has 74 heavy (non-hydrogen) atoms. The van der Waals surface area contributed by atoms with Gasteiger partial charge in [-0.1, -0.05) is 265 Å². The van der Waals surface area contributed by atoms with E-state index in [0.29, 0.717) is 12.8 Å². The van der Waals surface area contributed by atoms with Gasteiger partial charge in [0.05, 0.1) is 6.42 Å². The molecule has 6 nitrogen and oxygen atoms in total. The molecular formula is C68H114O6. The molecule has 0 N–H and O–H groups in total. The molecule has 0 rings (SSSR count). The van der Waals surface area contributed by atoms with E-state index in [1.807, 2.05) is 6.08 Å². The number of esters is 3. The van der Waals surface area contributed by atoms with Crippen LogP contribution in [0.25, 0.3) is 0 Å². The van der Waals surface area contributed by atoms with Crippen molar-refractivity contribution in [3.63, 3.8) is 0 Å². The van der Waals surface area contributed by atoms with Crippen LogP contribution in [0.4, 0.5) is 0 Å². The lowest BCUT2D eigenvalue weighted by Gasteiger charge is -2.18. The fourth-order valence-corrected chi connectivity index (χ4v) is 8.40. The second-order valence-electron chi connectivity index (χ2n) is 20.2. The minimum absolute atomic E-state index is 0.113. The third kappa shape index (κ3) is 59.0. The summed E-state index contributed by atoms with van der Waals surface area (Å²) in [5.74, 6) is -1.05. The maximum atomic E-state index is 12.9. The molecule has 0 spiro atoms. The lowest BCUT2D eigenvalue weighted by molar-refractivity contribution is -0.166. The first-order valence-electron chi connectivity index (χ1n) is 30.9. The second-order valence-corrected chi connectivity index (χ2v) is 20.2. The van der Waals surface area contributed by atoms with Crippen LogP contribution in [0.5, 0.6) is 0 Å². The first kappa shape index (κ1) is 70.1. The fourth-order valence-electron chi connectivity index (χ4n) is 8.40. The maximum absolute atomic E-state index is 12.9. The van der Waals surface area contributed by atoms with Crippen molar-refractivity contribution < 1.29 is 28.6 Å². The highest BCUT2D eigenvalue weighted by atomic mass is 16.6. The molecule has 1 atom stereocenters. The van der Waals surface area contributed by atoms with Gasteiger partial charge in [-0.3, -0.25) is 14.4 Å². The Morgan fingerprint density at radius 3 is 0.959 bits per heavy atom. The van der Waals surface area contributed by atoms with Crippen molar-refractivity contribution in [3.05, 3.63) is 109 Å². The first-order valence-corrected chi connectivity index (χ1v) is 30.9. The van der Waals surface area contributed by atoms with E-state index >= 15 is 0 Å².